The molecule has 0 aromatic carbocycles. The summed E-state index contributed by atoms with van der Waals surface area (Å²) < 4.78 is 5.13. The lowest BCUT2D eigenvalue weighted by Gasteiger charge is -2.37. The van der Waals surface area contributed by atoms with Crippen LogP contribution in [0.4, 0.5) is 5.88 Å². The molecule has 1 saturated heterocycles. The van der Waals surface area contributed by atoms with E-state index in [0.29, 0.717) is 30.9 Å². The predicted molar refractivity (Wildman–Crippen MR) is 82.0 cm³/mol. The number of nitrogens with zero attached hydrogens (tertiary/aromatic N) is 2. The second-order valence-corrected chi connectivity index (χ2v) is 6.31. The topological polar surface area (TPSA) is 84.4 Å². The molecule has 0 bridgehead atoms. The maximum atomic E-state index is 12.1. The van der Waals surface area contributed by atoms with Crippen LogP contribution in [0.15, 0.2) is 10.6 Å². The summed E-state index contributed by atoms with van der Waals surface area (Å²) in [5.41, 5.74) is 6.66. The maximum Gasteiger partial charge on any atom is 0.240 e. The van der Waals surface area contributed by atoms with Gasteiger partial charge in [-0.25, -0.2) is 0 Å². The Balaban J connectivity index is 1.88. The number of nitrogens with two attached hydrogens (primary N) is 1. The zero-order valence-electron chi connectivity index (χ0n) is 13.1. The molecule has 2 heterocycles. The molecular formula is C15H26N4O2. The highest BCUT2D eigenvalue weighted by atomic mass is 16.5. The Hall–Kier alpha value is -1.40. The smallest absolute Gasteiger partial charge is 0.240 e. The van der Waals surface area contributed by atoms with Crippen molar-refractivity contribution in [3.8, 4) is 0 Å². The van der Waals surface area contributed by atoms with Crippen molar-refractivity contribution >= 4 is 11.8 Å². The average Bonchev–Trinajstić information content (AvgIpc) is 2.89. The highest BCUT2D eigenvalue weighted by molar-refractivity contribution is 5.91. The summed E-state index contributed by atoms with van der Waals surface area (Å²) in [6.45, 7) is 8.17. The van der Waals surface area contributed by atoms with Gasteiger partial charge in [-0.15, -0.1) is 0 Å². The van der Waals surface area contributed by atoms with E-state index in [2.05, 4.69) is 22.3 Å². The van der Waals surface area contributed by atoms with Crippen molar-refractivity contribution in [2.45, 2.75) is 45.6 Å². The summed E-state index contributed by atoms with van der Waals surface area (Å²) in [5.74, 6) is 1.30. The van der Waals surface area contributed by atoms with E-state index in [1.807, 2.05) is 13.8 Å². The summed E-state index contributed by atoms with van der Waals surface area (Å²) >= 11 is 0. The van der Waals surface area contributed by atoms with Crippen LogP contribution in [0.2, 0.25) is 0 Å². The van der Waals surface area contributed by atoms with Crippen LogP contribution in [0, 0.1) is 5.92 Å². The predicted octanol–water partition coefficient (Wildman–Crippen LogP) is 1.80. The number of nitrogens with one attached hydrogen (secondary N) is 1. The van der Waals surface area contributed by atoms with Crippen molar-refractivity contribution < 1.29 is 9.32 Å². The van der Waals surface area contributed by atoms with Crippen molar-refractivity contribution in [1.82, 2.24) is 10.1 Å². The molecule has 1 fully saturated rings. The number of carbonyl (C=O) groups excluding carboxylic acids is 1. The van der Waals surface area contributed by atoms with Gasteiger partial charge >= 0.3 is 0 Å². The molecule has 0 radical (unpaired) electrons. The van der Waals surface area contributed by atoms with Crippen LogP contribution in [-0.2, 0) is 4.79 Å². The van der Waals surface area contributed by atoms with E-state index < -0.39 is 0 Å². The van der Waals surface area contributed by atoms with E-state index >= 15 is 0 Å². The van der Waals surface area contributed by atoms with Crippen LogP contribution in [0.25, 0.3) is 0 Å². The fourth-order valence-electron chi connectivity index (χ4n) is 2.73. The average molecular weight is 294 g/mol. The van der Waals surface area contributed by atoms with Gasteiger partial charge in [0, 0.05) is 18.7 Å². The minimum absolute atomic E-state index is 0.0746. The minimum Gasteiger partial charge on any atom is -0.338 e. The van der Waals surface area contributed by atoms with E-state index in [1.54, 1.807) is 6.07 Å². The lowest BCUT2D eigenvalue weighted by molar-refractivity contribution is -0.118. The highest BCUT2D eigenvalue weighted by Crippen LogP contribution is 2.22. The van der Waals surface area contributed by atoms with E-state index in [9.17, 15) is 4.79 Å². The molecule has 3 N–H and O–H groups in total. The van der Waals surface area contributed by atoms with Crippen molar-refractivity contribution in [2.75, 3.05) is 25.0 Å². The fraction of sp³-hybridized carbons (Fsp3) is 0.733. The number of aromatic nitrogens is 1. The van der Waals surface area contributed by atoms with Gasteiger partial charge in [-0.2, -0.15) is 0 Å². The molecule has 2 rings (SSSR count). The van der Waals surface area contributed by atoms with Crippen LogP contribution >= 0.6 is 0 Å². The van der Waals surface area contributed by atoms with Crippen LogP contribution in [0.3, 0.4) is 0 Å². The third-order valence-electron chi connectivity index (χ3n) is 4.10. The van der Waals surface area contributed by atoms with Gasteiger partial charge in [0.2, 0.25) is 11.8 Å². The van der Waals surface area contributed by atoms with Crippen LogP contribution in [-0.4, -0.2) is 41.6 Å². The van der Waals surface area contributed by atoms with E-state index in [1.165, 1.54) is 0 Å². The summed E-state index contributed by atoms with van der Waals surface area (Å²) in [4.78, 5) is 14.3. The standard InChI is InChI=1S/C15H26N4O2/c1-10(2)13-7-15(21-18-13)17-14(20)9-19-5-4-11(3)6-12(19)8-16/h7,10-12H,4-6,8-9,16H2,1-3H3,(H,17,20). The number of anilines is 1. The summed E-state index contributed by atoms with van der Waals surface area (Å²) in [5, 5.41) is 6.70. The summed E-state index contributed by atoms with van der Waals surface area (Å²) in [6.07, 6.45) is 2.17. The van der Waals surface area contributed by atoms with Crippen LogP contribution in [0.5, 0.6) is 0 Å². The van der Waals surface area contributed by atoms with Crippen molar-refractivity contribution in [3.63, 3.8) is 0 Å². The number of amides is 1. The minimum atomic E-state index is -0.0746. The normalized spacial score (nSPS) is 23.5. The Labute approximate surface area is 126 Å². The van der Waals surface area contributed by atoms with Gasteiger partial charge in [0.1, 0.15) is 0 Å². The Bertz CT molecular complexity index is 472. The van der Waals surface area contributed by atoms with E-state index in [-0.39, 0.29) is 11.8 Å². The lowest BCUT2D eigenvalue weighted by atomic mass is 9.92. The molecule has 0 saturated carbocycles. The first kappa shape index (κ1) is 16.0. The monoisotopic (exact) mass is 294 g/mol. The second-order valence-electron chi connectivity index (χ2n) is 6.31. The van der Waals surface area contributed by atoms with E-state index in [0.717, 1.165) is 25.1 Å². The van der Waals surface area contributed by atoms with Gasteiger partial charge in [-0.1, -0.05) is 25.9 Å². The largest absolute Gasteiger partial charge is 0.338 e. The molecule has 0 spiro atoms. The fourth-order valence-corrected chi connectivity index (χ4v) is 2.73. The molecule has 1 aromatic heterocycles. The zero-order valence-corrected chi connectivity index (χ0v) is 13.1. The Morgan fingerprint density at radius 1 is 1.62 bits per heavy atom. The highest BCUT2D eigenvalue weighted by Gasteiger charge is 2.26. The van der Waals surface area contributed by atoms with Gasteiger partial charge in [-0.05, 0) is 31.2 Å². The molecule has 6 nitrogen and oxygen atoms in total. The molecule has 1 aliphatic heterocycles. The number of hydrogen-bond acceptors (Lipinski definition) is 5. The lowest BCUT2D eigenvalue weighted by Crippen LogP contribution is -2.49. The number of carbonyl (C=O) groups is 1. The summed E-state index contributed by atoms with van der Waals surface area (Å²) in [7, 11) is 0. The molecule has 118 valence electrons. The van der Waals surface area contributed by atoms with Crippen molar-refractivity contribution in [3.05, 3.63) is 11.8 Å². The molecule has 1 amide bonds. The molecule has 0 aliphatic carbocycles. The Morgan fingerprint density at radius 2 is 2.38 bits per heavy atom. The van der Waals surface area contributed by atoms with E-state index in [4.69, 9.17) is 10.3 Å². The molecule has 1 aliphatic rings. The molecule has 21 heavy (non-hydrogen) atoms. The number of rotatable bonds is 5. The Morgan fingerprint density at radius 3 is 3.00 bits per heavy atom. The maximum absolute atomic E-state index is 12.1. The third-order valence-corrected chi connectivity index (χ3v) is 4.10. The van der Waals surface area contributed by atoms with Crippen molar-refractivity contribution in [1.29, 1.82) is 0 Å². The molecule has 2 atom stereocenters. The van der Waals surface area contributed by atoms with Gasteiger partial charge < -0.3 is 10.3 Å². The molecule has 6 heteroatoms. The molecular weight excluding hydrogens is 268 g/mol. The number of piperidine rings is 1. The second kappa shape index (κ2) is 7.04. The quantitative estimate of drug-likeness (QED) is 0.865. The summed E-state index contributed by atoms with van der Waals surface area (Å²) in [6, 6.07) is 2.07. The third kappa shape index (κ3) is 4.28. The van der Waals surface area contributed by atoms with Gasteiger partial charge in [0.15, 0.2) is 0 Å². The number of likely N-dealkylation sites (tertiary alicyclic amines) is 1. The SMILES string of the molecule is CC1CCN(CC(=O)Nc2cc(C(C)C)no2)C(CN)C1. The van der Waals surface area contributed by atoms with Crippen molar-refractivity contribution in [2.24, 2.45) is 11.7 Å². The molecule has 2 unspecified atom stereocenters. The Kier molecular flexibility index (Phi) is 5.36. The van der Waals surface area contributed by atoms with Gasteiger partial charge in [0.05, 0.1) is 12.2 Å². The van der Waals surface area contributed by atoms with Gasteiger partial charge in [-0.3, -0.25) is 15.0 Å². The first-order valence-corrected chi connectivity index (χ1v) is 7.70. The first-order valence-electron chi connectivity index (χ1n) is 7.70. The first-order chi connectivity index (χ1) is 9.99. The van der Waals surface area contributed by atoms with Crippen LogP contribution in [0.1, 0.15) is 45.2 Å². The number of hydrogen-bond donors (Lipinski definition) is 2. The van der Waals surface area contributed by atoms with Crippen LogP contribution < -0.4 is 11.1 Å². The zero-order chi connectivity index (χ0) is 15.4. The molecule has 1 aromatic rings. The van der Waals surface area contributed by atoms with Gasteiger partial charge in [0.25, 0.3) is 0 Å².